The summed E-state index contributed by atoms with van der Waals surface area (Å²) in [6.07, 6.45) is 4.89. The molecule has 0 bridgehead atoms. The molecule has 4 atom stereocenters. The summed E-state index contributed by atoms with van der Waals surface area (Å²) in [5.41, 5.74) is -0.390. The van der Waals surface area contributed by atoms with Gasteiger partial charge in [0.25, 0.3) is 0 Å². The molecule has 148 valence electrons. The number of carbonyl (C=O) groups is 3. The van der Waals surface area contributed by atoms with Gasteiger partial charge in [-0.1, -0.05) is 13.8 Å². The zero-order valence-electron chi connectivity index (χ0n) is 16.0. The molecule has 1 aromatic heterocycles. The van der Waals surface area contributed by atoms with Crippen molar-refractivity contribution in [2.45, 2.75) is 39.2 Å². The highest BCUT2D eigenvalue weighted by atomic mass is 16.5. The van der Waals surface area contributed by atoms with Crippen molar-refractivity contribution in [3.05, 3.63) is 47.1 Å². The minimum absolute atomic E-state index is 0.214. The number of hydrogen-bond acceptors (Lipinski definition) is 7. The van der Waals surface area contributed by atoms with Gasteiger partial charge in [-0.15, -0.1) is 0 Å². The maximum Gasteiger partial charge on any atom is 0.334 e. The van der Waals surface area contributed by atoms with Gasteiger partial charge >= 0.3 is 11.9 Å². The third kappa shape index (κ3) is 2.38. The third-order valence-corrected chi connectivity index (χ3v) is 6.64. The van der Waals surface area contributed by atoms with Crippen LogP contribution in [-0.4, -0.2) is 29.9 Å². The van der Waals surface area contributed by atoms with Crippen molar-refractivity contribution >= 4 is 17.7 Å². The highest BCUT2D eigenvalue weighted by molar-refractivity contribution is 6.10. The molecule has 0 unspecified atom stereocenters. The summed E-state index contributed by atoms with van der Waals surface area (Å²) in [4.78, 5) is 37.7. The molecule has 0 aromatic carbocycles. The van der Waals surface area contributed by atoms with Crippen LogP contribution in [0.25, 0.3) is 0 Å². The summed E-state index contributed by atoms with van der Waals surface area (Å²) in [6, 6.07) is 1.73. The minimum Gasteiger partial charge on any atom is -0.504 e. The van der Waals surface area contributed by atoms with E-state index in [1.54, 1.807) is 6.07 Å². The van der Waals surface area contributed by atoms with Crippen molar-refractivity contribution < 1.29 is 33.4 Å². The smallest absolute Gasteiger partial charge is 0.334 e. The number of cyclic esters (lactones) is 1. The van der Waals surface area contributed by atoms with Gasteiger partial charge in [0.15, 0.2) is 5.76 Å². The zero-order valence-corrected chi connectivity index (χ0v) is 16.0. The summed E-state index contributed by atoms with van der Waals surface area (Å²) in [6.45, 7) is 3.68. The number of hydrogen-bond donors (Lipinski definition) is 1. The predicted octanol–water partition coefficient (Wildman–Crippen LogP) is 3.18. The van der Waals surface area contributed by atoms with Crippen molar-refractivity contribution in [2.75, 3.05) is 7.11 Å². The lowest BCUT2D eigenvalue weighted by Crippen LogP contribution is -2.53. The number of aliphatic hydroxyl groups excluding tert-OH is 1. The van der Waals surface area contributed by atoms with Gasteiger partial charge in [0.1, 0.15) is 6.10 Å². The van der Waals surface area contributed by atoms with E-state index in [1.165, 1.54) is 19.6 Å². The topological polar surface area (TPSA) is 103 Å². The normalized spacial score (nSPS) is 34.9. The third-order valence-electron chi connectivity index (χ3n) is 6.64. The second kappa shape index (κ2) is 6.09. The first-order chi connectivity index (χ1) is 13.2. The molecule has 2 heterocycles. The Balaban J connectivity index is 1.86. The first kappa shape index (κ1) is 18.5. The van der Waals surface area contributed by atoms with Crippen LogP contribution in [0.5, 0.6) is 0 Å². The Kier molecular flexibility index (Phi) is 4.03. The first-order valence-electron chi connectivity index (χ1n) is 9.24. The Labute approximate surface area is 162 Å². The number of aliphatic hydroxyl groups is 1. The number of ether oxygens (including phenoxy) is 2. The SMILES string of the molecule is COC(=O)C1=CC(=O)C(O)=C2[C@@]1(C)CC[C@@H]1C(=O)O[C@H](c3ccoc3)C[C@]21C. The van der Waals surface area contributed by atoms with Crippen molar-refractivity contribution in [3.8, 4) is 0 Å². The monoisotopic (exact) mass is 386 g/mol. The molecule has 0 amide bonds. The van der Waals surface area contributed by atoms with Gasteiger partial charge in [0.2, 0.25) is 5.78 Å². The van der Waals surface area contributed by atoms with Gasteiger partial charge in [0.05, 0.1) is 31.1 Å². The van der Waals surface area contributed by atoms with Crippen LogP contribution in [0.4, 0.5) is 0 Å². The molecule has 1 aromatic rings. The number of methoxy groups -OCH3 is 1. The Bertz CT molecular complexity index is 923. The summed E-state index contributed by atoms with van der Waals surface area (Å²) in [7, 11) is 1.26. The van der Waals surface area contributed by atoms with Gasteiger partial charge in [-0.3, -0.25) is 9.59 Å². The molecule has 1 saturated carbocycles. The molecular formula is C21H22O7. The molecule has 2 aliphatic carbocycles. The molecule has 0 radical (unpaired) electrons. The molecule has 7 nitrogen and oxygen atoms in total. The number of rotatable bonds is 2. The van der Waals surface area contributed by atoms with E-state index in [2.05, 4.69) is 0 Å². The Morgan fingerprint density at radius 1 is 1.32 bits per heavy atom. The highest BCUT2D eigenvalue weighted by Gasteiger charge is 2.61. The van der Waals surface area contributed by atoms with Crippen molar-refractivity contribution in [2.24, 2.45) is 16.7 Å². The van der Waals surface area contributed by atoms with E-state index in [1.807, 2.05) is 13.8 Å². The lowest BCUT2D eigenvalue weighted by molar-refractivity contribution is -0.174. The van der Waals surface area contributed by atoms with Crippen LogP contribution in [0, 0.1) is 16.7 Å². The number of furan rings is 1. The van der Waals surface area contributed by atoms with Gasteiger partial charge in [0, 0.05) is 22.5 Å². The molecule has 2 fully saturated rings. The summed E-state index contributed by atoms with van der Waals surface area (Å²) in [5.74, 6) is -2.51. The lowest BCUT2D eigenvalue weighted by Gasteiger charge is -2.55. The van der Waals surface area contributed by atoms with E-state index in [-0.39, 0.29) is 17.3 Å². The molecular weight excluding hydrogens is 364 g/mol. The van der Waals surface area contributed by atoms with Crippen LogP contribution in [0.1, 0.15) is 44.8 Å². The molecule has 0 spiro atoms. The molecule has 1 saturated heterocycles. The van der Waals surface area contributed by atoms with E-state index in [0.29, 0.717) is 30.4 Å². The fourth-order valence-electron chi connectivity index (χ4n) is 5.27. The van der Waals surface area contributed by atoms with Crippen LogP contribution in [0.15, 0.2) is 46.0 Å². The second-order valence-corrected chi connectivity index (χ2v) is 8.16. The predicted molar refractivity (Wildman–Crippen MR) is 95.9 cm³/mol. The molecule has 1 N–H and O–H groups in total. The second-order valence-electron chi connectivity index (χ2n) is 8.16. The van der Waals surface area contributed by atoms with E-state index in [4.69, 9.17) is 13.9 Å². The highest BCUT2D eigenvalue weighted by Crippen LogP contribution is 2.63. The average Bonchev–Trinajstić information content (AvgIpc) is 3.18. The zero-order chi connectivity index (χ0) is 20.3. The van der Waals surface area contributed by atoms with Gasteiger partial charge < -0.3 is 19.0 Å². The van der Waals surface area contributed by atoms with E-state index >= 15 is 0 Å². The van der Waals surface area contributed by atoms with Gasteiger partial charge in [-0.05, 0) is 30.9 Å². The standard InChI is InChI=1S/C21H22O7/c1-20-6-4-12-19(25)28-15(11-5-7-27-10-11)9-21(12,2)17(20)16(23)14(22)8-13(20)18(24)26-3/h5,7-8,10,12,15,23H,4,6,9H2,1-3H3/t12-,15+,20+,21+/m1/s1. The van der Waals surface area contributed by atoms with Crippen molar-refractivity contribution in [1.29, 1.82) is 0 Å². The fraction of sp³-hybridized carbons (Fsp3) is 0.476. The van der Waals surface area contributed by atoms with E-state index in [9.17, 15) is 19.5 Å². The average molecular weight is 386 g/mol. The van der Waals surface area contributed by atoms with Gasteiger partial charge in [-0.25, -0.2) is 4.79 Å². The number of allylic oxidation sites excluding steroid dienone is 2. The van der Waals surface area contributed by atoms with Crippen LogP contribution in [-0.2, 0) is 23.9 Å². The van der Waals surface area contributed by atoms with Crippen LogP contribution < -0.4 is 0 Å². The number of esters is 2. The van der Waals surface area contributed by atoms with E-state index in [0.717, 1.165) is 6.08 Å². The molecule has 28 heavy (non-hydrogen) atoms. The maximum atomic E-state index is 12.8. The lowest BCUT2D eigenvalue weighted by atomic mass is 9.49. The molecule has 1 aliphatic heterocycles. The molecule has 4 rings (SSSR count). The summed E-state index contributed by atoms with van der Waals surface area (Å²) >= 11 is 0. The maximum absolute atomic E-state index is 12.8. The summed E-state index contributed by atoms with van der Waals surface area (Å²) in [5, 5.41) is 10.8. The van der Waals surface area contributed by atoms with Crippen molar-refractivity contribution in [3.63, 3.8) is 0 Å². The number of ketones is 1. The van der Waals surface area contributed by atoms with Crippen LogP contribution in [0.2, 0.25) is 0 Å². The molecule has 3 aliphatic rings. The van der Waals surface area contributed by atoms with Crippen LogP contribution >= 0.6 is 0 Å². The minimum atomic E-state index is -0.894. The summed E-state index contributed by atoms with van der Waals surface area (Å²) < 4.78 is 15.7. The fourth-order valence-corrected chi connectivity index (χ4v) is 5.27. The molecule has 7 heteroatoms. The first-order valence-corrected chi connectivity index (χ1v) is 9.24. The Hall–Kier alpha value is -2.83. The largest absolute Gasteiger partial charge is 0.504 e. The van der Waals surface area contributed by atoms with E-state index < -0.39 is 34.6 Å². The number of carbonyl (C=O) groups excluding carboxylic acids is 3. The Morgan fingerprint density at radius 2 is 2.07 bits per heavy atom. The van der Waals surface area contributed by atoms with Crippen molar-refractivity contribution in [1.82, 2.24) is 0 Å². The number of fused-ring (bicyclic) bond motifs is 3. The quantitative estimate of drug-likeness (QED) is 0.779. The van der Waals surface area contributed by atoms with Crippen LogP contribution in [0.3, 0.4) is 0 Å². The Morgan fingerprint density at radius 3 is 2.71 bits per heavy atom. The van der Waals surface area contributed by atoms with Gasteiger partial charge in [-0.2, -0.15) is 0 Å².